The number of rotatable bonds is 45. The minimum atomic E-state index is -4.62. The van der Waals surface area contributed by atoms with Crippen LogP contribution in [-0.4, -0.2) is 65.7 Å². The molecule has 1 unspecified atom stereocenters. The van der Waals surface area contributed by atoms with Gasteiger partial charge in [-0.15, -0.1) is 0 Å². The van der Waals surface area contributed by atoms with E-state index in [0.717, 1.165) is 57.8 Å². The third-order valence-electron chi connectivity index (χ3n) is 10.4. The molecule has 0 spiro atoms. The SMILES string of the molecule is CCCCCCCC/C=C/CCCCCCCC(=O)O[C@H](COC(=O)CCCCCCCCCCCCCCCCCCCCC)COP(=O)(O)OC[C@@H](O)CO. The molecule has 0 saturated carbocycles. The highest BCUT2D eigenvalue weighted by molar-refractivity contribution is 7.47. The maximum atomic E-state index is 12.6. The lowest BCUT2D eigenvalue weighted by atomic mass is 10.0. The number of hydrogen-bond acceptors (Lipinski definition) is 9. The quantitative estimate of drug-likeness (QED) is 0.0234. The standard InChI is InChI=1S/C46H89O10P/c1-3-5-7-9-11-13-15-17-19-20-21-22-24-25-27-29-31-33-35-37-45(49)53-41-44(42-55-57(51,52)54-40-43(48)39-47)56-46(50)38-36-34-32-30-28-26-23-18-16-14-12-10-8-6-4-2/h18,23,43-44,47-48H,3-17,19-22,24-42H2,1-2H3,(H,51,52)/b23-18+/t43-,44+/m0/s1. The molecule has 57 heavy (non-hydrogen) atoms. The van der Waals surface area contributed by atoms with Crippen LogP contribution in [0.4, 0.5) is 0 Å². The molecule has 0 fully saturated rings. The molecule has 0 bridgehead atoms. The highest BCUT2D eigenvalue weighted by Crippen LogP contribution is 2.43. The third kappa shape index (κ3) is 42.6. The fraction of sp³-hybridized carbons (Fsp3) is 0.913. The molecular formula is C46H89O10P. The number of carbonyl (C=O) groups is 2. The maximum Gasteiger partial charge on any atom is 0.472 e. The van der Waals surface area contributed by atoms with E-state index in [1.807, 2.05) is 0 Å². The number of carbonyl (C=O) groups excluding carboxylic acids is 2. The van der Waals surface area contributed by atoms with Gasteiger partial charge in [0.05, 0.1) is 19.8 Å². The molecule has 0 aromatic carbocycles. The maximum absolute atomic E-state index is 12.6. The van der Waals surface area contributed by atoms with Gasteiger partial charge in [-0.3, -0.25) is 18.6 Å². The average Bonchev–Trinajstić information content (AvgIpc) is 3.20. The van der Waals surface area contributed by atoms with Crippen LogP contribution < -0.4 is 0 Å². The molecule has 3 atom stereocenters. The van der Waals surface area contributed by atoms with E-state index < -0.39 is 51.8 Å². The minimum absolute atomic E-state index is 0.179. The van der Waals surface area contributed by atoms with Gasteiger partial charge >= 0.3 is 19.8 Å². The van der Waals surface area contributed by atoms with Crippen molar-refractivity contribution in [1.29, 1.82) is 0 Å². The fourth-order valence-corrected chi connectivity index (χ4v) is 7.54. The lowest BCUT2D eigenvalue weighted by Gasteiger charge is -2.20. The second kappa shape index (κ2) is 42.8. The molecule has 0 rings (SSSR count). The number of aliphatic hydroxyl groups excluding tert-OH is 2. The summed E-state index contributed by atoms with van der Waals surface area (Å²) >= 11 is 0. The number of unbranched alkanes of at least 4 members (excludes halogenated alkanes) is 29. The van der Waals surface area contributed by atoms with Crippen LogP contribution in [0.15, 0.2) is 12.2 Å². The normalized spacial score (nSPS) is 13.8. The highest BCUT2D eigenvalue weighted by atomic mass is 31.2. The van der Waals surface area contributed by atoms with Crippen LogP contribution in [0.5, 0.6) is 0 Å². The summed E-state index contributed by atoms with van der Waals surface area (Å²) in [6.07, 6.45) is 41.8. The summed E-state index contributed by atoms with van der Waals surface area (Å²) in [7, 11) is -4.62. The smallest absolute Gasteiger partial charge is 0.462 e. The van der Waals surface area contributed by atoms with Gasteiger partial charge in [0.2, 0.25) is 0 Å². The number of ether oxygens (including phenoxy) is 2. The molecule has 0 aromatic heterocycles. The van der Waals surface area contributed by atoms with Gasteiger partial charge in [0, 0.05) is 12.8 Å². The van der Waals surface area contributed by atoms with Gasteiger partial charge in [-0.1, -0.05) is 193 Å². The van der Waals surface area contributed by atoms with Crippen LogP contribution >= 0.6 is 7.82 Å². The Bertz CT molecular complexity index is 961. The van der Waals surface area contributed by atoms with E-state index in [0.29, 0.717) is 12.8 Å². The van der Waals surface area contributed by atoms with Gasteiger partial charge in [-0.05, 0) is 38.5 Å². The van der Waals surface area contributed by atoms with E-state index in [9.17, 15) is 24.2 Å². The topological polar surface area (TPSA) is 149 Å². The zero-order valence-corrected chi connectivity index (χ0v) is 37.7. The van der Waals surface area contributed by atoms with E-state index in [-0.39, 0.29) is 19.4 Å². The van der Waals surface area contributed by atoms with Crippen molar-refractivity contribution in [2.24, 2.45) is 0 Å². The van der Waals surface area contributed by atoms with Crippen LogP contribution in [0.1, 0.15) is 232 Å². The van der Waals surface area contributed by atoms with E-state index in [2.05, 4.69) is 26.0 Å². The summed E-state index contributed by atoms with van der Waals surface area (Å²) in [6.45, 7) is 2.41. The fourth-order valence-electron chi connectivity index (χ4n) is 6.75. The summed E-state index contributed by atoms with van der Waals surface area (Å²) in [5, 5.41) is 18.4. The Kier molecular flexibility index (Phi) is 41.9. The van der Waals surface area contributed by atoms with Crippen molar-refractivity contribution in [3.63, 3.8) is 0 Å². The zero-order chi connectivity index (χ0) is 41.9. The number of hydrogen-bond donors (Lipinski definition) is 3. The van der Waals surface area contributed by atoms with Crippen molar-refractivity contribution in [1.82, 2.24) is 0 Å². The van der Waals surface area contributed by atoms with E-state index in [1.54, 1.807) is 0 Å². The Morgan fingerprint density at radius 1 is 0.509 bits per heavy atom. The van der Waals surface area contributed by atoms with Crippen LogP contribution in [0.25, 0.3) is 0 Å². The van der Waals surface area contributed by atoms with Gasteiger partial charge in [-0.25, -0.2) is 4.57 Å². The lowest BCUT2D eigenvalue weighted by molar-refractivity contribution is -0.161. The first-order chi connectivity index (χ1) is 27.7. The molecule has 10 nitrogen and oxygen atoms in total. The molecule has 0 amide bonds. The van der Waals surface area contributed by atoms with Crippen LogP contribution in [0, 0.1) is 0 Å². The molecule has 338 valence electrons. The van der Waals surface area contributed by atoms with E-state index in [1.165, 1.54) is 135 Å². The molecule has 0 saturated heterocycles. The largest absolute Gasteiger partial charge is 0.472 e. The summed E-state index contributed by atoms with van der Waals surface area (Å²) in [4.78, 5) is 35.1. The Hall–Kier alpha value is -1.29. The van der Waals surface area contributed by atoms with E-state index >= 15 is 0 Å². The Morgan fingerprint density at radius 2 is 0.860 bits per heavy atom. The molecule has 0 heterocycles. The summed E-state index contributed by atoms with van der Waals surface area (Å²) in [5.74, 6) is -0.921. The van der Waals surface area contributed by atoms with E-state index in [4.69, 9.17) is 23.6 Å². The highest BCUT2D eigenvalue weighted by Gasteiger charge is 2.27. The summed E-state index contributed by atoms with van der Waals surface area (Å²) < 4.78 is 32.8. The Balaban J connectivity index is 4.20. The first-order valence-corrected chi connectivity index (χ1v) is 25.1. The second-order valence-electron chi connectivity index (χ2n) is 16.1. The van der Waals surface area contributed by atoms with Gasteiger partial charge in [0.25, 0.3) is 0 Å². The number of aliphatic hydroxyl groups is 2. The predicted octanol–water partition coefficient (Wildman–Crippen LogP) is 12.8. The van der Waals surface area contributed by atoms with Gasteiger partial charge in [0.1, 0.15) is 12.7 Å². The lowest BCUT2D eigenvalue weighted by Crippen LogP contribution is -2.29. The predicted molar refractivity (Wildman–Crippen MR) is 233 cm³/mol. The number of phosphoric ester groups is 1. The number of esters is 2. The summed E-state index contributed by atoms with van der Waals surface area (Å²) in [5.41, 5.74) is 0. The Morgan fingerprint density at radius 3 is 1.26 bits per heavy atom. The monoisotopic (exact) mass is 833 g/mol. The molecule has 0 aromatic rings. The molecule has 0 aliphatic carbocycles. The summed E-state index contributed by atoms with van der Waals surface area (Å²) in [6, 6.07) is 0. The van der Waals surface area contributed by atoms with Crippen molar-refractivity contribution in [2.45, 2.75) is 244 Å². The van der Waals surface area contributed by atoms with Crippen LogP contribution in [0.3, 0.4) is 0 Å². The Labute approximate surface area is 349 Å². The number of allylic oxidation sites excluding steroid dienone is 2. The van der Waals surface area contributed by atoms with Crippen LogP contribution in [-0.2, 0) is 32.7 Å². The number of phosphoric acid groups is 1. The van der Waals surface area contributed by atoms with Crippen molar-refractivity contribution in [3.8, 4) is 0 Å². The average molecular weight is 833 g/mol. The third-order valence-corrected chi connectivity index (χ3v) is 11.4. The molecule has 11 heteroatoms. The first kappa shape index (κ1) is 55.7. The molecular weight excluding hydrogens is 743 g/mol. The van der Waals surface area contributed by atoms with Crippen molar-refractivity contribution < 1.29 is 47.8 Å². The minimum Gasteiger partial charge on any atom is -0.462 e. The molecule has 0 radical (unpaired) electrons. The first-order valence-electron chi connectivity index (χ1n) is 23.6. The second-order valence-corrected chi connectivity index (χ2v) is 17.6. The van der Waals surface area contributed by atoms with Crippen molar-refractivity contribution in [3.05, 3.63) is 12.2 Å². The van der Waals surface area contributed by atoms with Crippen molar-refractivity contribution >= 4 is 19.8 Å². The van der Waals surface area contributed by atoms with Crippen molar-refractivity contribution in [2.75, 3.05) is 26.4 Å². The van der Waals surface area contributed by atoms with Crippen LogP contribution in [0.2, 0.25) is 0 Å². The molecule has 0 aliphatic rings. The van der Waals surface area contributed by atoms with Gasteiger partial charge < -0.3 is 24.6 Å². The van der Waals surface area contributed by atoms with Gasteiger partial charge in [-0.2, -0.15) is 0 Å². The zero-order valence-electron chi connectivity index (χ0n) is 36.8. The molecule has 0 aliphatic heterocycles. The van der Waals surface area contributed by atoms with Gasteiger partial charge in [0.15, 0.2) is 6.10 Å². The molecule has 3 N–H and O–H groups in total.